The number of carbonyl (C=O) groups excluding carboxylic acids is 2. The van der Waals surface area contributed by atoms with E-state index in [2.05, 4.69) is 15.9 Å². The Bertz CT molecular complexity index is 988. The monoisotopic (exact) mass is 468 g/mol. The number of phenolic OH excluding ortho intramolecular Hbond substituents is 1. The van der Waals surface area contributed by atoms with Crippen molar-refractivity contribution in [3.05, 3.63) is 72.0 Å². The van der Waals surface area contributed by atoms with Crippen LogP contribution in [-0.4, -0.2) is 26.1 Å². The zero-order valence-electron chi connectivity index (χ0n) is 13.4. The number of imide groups is 1. The molecule has 2 amide bonds. The van der Waals surface area contributed by atoms with Crippen LogP contribution in [0.25, 0.3) is 6.08 Å². The molecule has 0 saturated carbocycles. The molecule has 0 spiro atoms. The number of halogens is 2. The first-order chi connectivity index (χ1) is 12.8. The van der Waals surface area contributed by atoms with E-state index in [1.165, 1.54) is 30.3 Å². The highest BCUT2D eigenvalue weighted by Gasteiger charge is 2.35. The molecular formula is C17H10BrClN2O5S. The first-order valence-electron chi connectivity index (χ1n) is 7.43. The fraction of sp³-hybridized carbons (Fsp3) is 0.0588. The Morgan fingerprint density at radius 2 is 2.04 bits per heavy atom. The van der Waals surface area contributed by atoms with E-state index in [-0.39, 0.29) is 27.9 Å². The van der Waals surface area contributed by atoms with Gasteiger partial charge in [0.15, 0.2) is 0 Å². The van der Waals surface area contributed by atoms with Gasteiger partial charge in [-0.3, -0.25) is 24.6 Å². The Labute approximate surface area is 170 Å². The van der Waals surface area contributed by atoms with Crippen LogP contribution in [0.1, 0.15) is 11.1 Å². The fourth-order valence-corrected chi connectivity index (χ4v) is 4.07. The van der Waals surface area contributed by atoms with Gasteiger partial charge in [-0.15, -0.1) is 0 Å². The van der Waals surface area contributed by atoms with Crippen LogP contribution in [0.4, 0.5) is 10.5 Å². The molecule has 1 saturated heterocycles. The molecule has 2 aromatic rings. The summed E-state index contributed by atoms with van der Waals surface area (Å²) in [5.74, 6) is -0.621. The minimum Gasteiger partial charge on any atom is -0.505 e. The SMILES string of the molecule is O=C1S/C(=C\c2cc(Cl)c(O)c(Br)c2)C(=O)N1Cc1cccc([N+](=O)[O-])c1. The minimum atomic E-state index is -0.538. The number of thioether (sulfide) groups is 1. The second-order valence-corrected chi connectivity index (χ2v) is 7.78. The summed E-state index contributed by atoms with van der Waals surface area (Å²) in [6.07, 6.45) is 1.49. The largest absolute Gasteiger partial charge is 0.505 e. The molecule has 27 heavy (non-hydrogen) atoms. The molecule has 1 aliphatic rings. The summed E-state index contributed by atoms with van der Waals surface area (Å²) in [5.41, 5.74) is 0.896. The lowest BCUT2D eigenvalue weighted by Gasteiger charge is -2.12. The second kappa shape index (κ2) is 7.71. The average Bonchev–Trinajstić information content (AvgIpc) is 2.87. The van der Waals surface area contributed by atoms with Crippen molar-refractivity contribution >= 4 is 62.2 Å². The van der Waals surface area contributed by atoms with E-state index < -0.39 is 16.1 Å². The average molecular weight is 470 g/mol. The lowest BCUT2D eigenvalue weighted by Crippen LogP contribution is -2.27. The molecule has 0 radical (unpaired) electrons. The van der Waals surface area contributed by atoms with Crippen LogP contribution < -0.4 is 0 Å². The van der Waals surface area contributed by atoms with Crippen molar-refractivity contribution < 1.29 is 19.6 Å². The lowest BCUT2D eigenvalue weighted by atomic mass is 10.2. The molecule has 1 fully saturated rings. The number of nitro benzene ring substituents is 1. The number of non-ortho nitro benzene ring substituents is 1. The van der Waals surface area contributed by atoms with Gasteiger partial charge in [0, 0.05) is 12.1 Å². The highest BCUT2D eigenvalue weighted by atomic mass is 79.9. The molecular weight excluding hydrogens is 460 g/mol. The maximum Gasteiger partial charge on any atom is 0.293 e. The summed E-state index contributed by atoms with van der Waals surface area (Å²) in [6, 6.07) is 8.80. The topological polar surface area (TPSA) is 101 Å². The van der Waals surface area contributed by atoms with Crippen LogP contribution in [0, 0.1) is 10.1 Å². The van der Waals surface area contributed by atoms with Crippen LogP contribution in [-0.2, 0) is 11.3 Å². The van der Waals surface area contributed by atoms with Gasteiger partial charge in [0.2, 0.25) is 0 Å². The van der Waals surface area contributed by atoms with Gasteiger partial charge in [-0.1, -0.05) is 23.7 Å². The summed E-state index contributed by atoms with van der Waals surface area (Å²) in [6.45, 7) is -0.0658. The summed E-state index contributed by atoms with van der Waals surface area (Å²) >= 11 is 9.84. The van der Waals surface area contributed by atoms with E-state index in [9.17, 15) is 24.8 Å². The van der Waals surface area contributed by atoms with Crippen LogP contribution in [0.3, 0.4) is 0 Å². The zero-order valence-corrected chi connectivity index (χ0v) is 16.5. The molecule has 138 valence electrons. The van der Waals surface area contributed by atoms with Gasteiger partial charge >= 0.3 is 0 Å². The molecule has 0 atom stereocenters. The third kappa shape index (κ3) is 4.15. The number of rotatable bonds is 4. The van der Waals surface area contributed by atoms with Gasteiger partial charge in [-0.25, -0.2) is 0 Å². The lowest BCUT2D eigenvalue weighted by molar-refractivity contribution is -0.384. The summed E-state index contributed by atoms with van der Waals surface area (Å²) in [7, 11) is 0. The van der Waals surface area contributed by atoms with Crippen molar-refractivity contribution in [1.29, 1.82) is 0 Å². The molecule has 3 rings (SSSR count). The van der Waals surface area contributed by atoms with Crippen molar-refractivity contribution in [3.63, 3.8) is 0 Å². The van der Waals surface area contributed by atoms with Crippen molar-refractivity contribution in [2.24, 2.45) is 0 Å². The Kier molecular flexibility index (Phi) is 5.54. The van der Waals surface area contributed by atoms with Gasteiger partial charge < -0.3 is 5.11 Å². The number of nitrogens with zero attached hydrogens (tertiary/aromatic N) is 2. The van der Waals surface area contributed by atoms with Crippen molar-refractivity contribution in [2.45, 2.75) is 6.54 Å². The normalized spacial score (nSPS) is 15.6. The van der Waals surface area contributed by atoms with E-state index in [1.54, 1.807) is 12.1 Å². The quantitative estimate of drug-likeness (QED) is 0.386. The number of hydrogen-bond donors (Lipinski definition) is 1. The smallest absolute Gasteiger partial charge is 0.293 e. The standard InChI is InChI=1S/C17H10BrClN2O5S/c18-12-5-10(6-13(19)15(12)22)7-14-16(23)20(17(24)27-14)8-9-2-1-3-11(4-9)21(25)26/h1-7,22H,8H2/b14-7-. The number of carbonyl (C=O) groups is 2. The predicted octanol–water partition coefficient (Wildman–Crippen LogP) is 4.95. The molecule has 1 heterocycles. The van der Waals surface area contributed by atoms with E-state index in [0.29, 0.717) is 15.6 Å². The highest BCUT2D eigenvalue weighted by Crippen LogP contribution is 2.37. The van der Waals surface area contributed by atoms with Crippen LogP contribution in [0.5, 0.6) is 5.75 Å². The summed E-state index contributed by atoms with van der Waals surface area (Å²) in [4.78, 5) is 36.3. The van der Waals surface area contributed by atoms with Crippen molar-refractivity contribution in [3.8, 4) is 5.75 Å². The summed E-state index contributed by atoms with van der Waals surface area (Å²) < 4.78 is 0.358. The fourth-order valence-electron chi connectivity index (χ4n) is 2.41. The van der Waals surface area contributed by atoms with Crippen LogP contribution >= 0.6 is 39.3 Å². The maximum absolute atomic E-state index is 12.6. The van der Waals surface area contributed by atoms with Gasteiger partial charge in [0.25, 0.3) is 16.8 Å². The third-order valence-corrected chi connectivity index (χ3v) is 5.47. The molecule has 0 aliphatic carbocycles. The van der Waals surface area contributed by atoms with Crippen molar-refractivity contribution in [1.82, 2.24) is 4.90 Å². The van der Waals surface area contributed by atoms with Gasteiger partial charge in [0.05, 0.1) is 25.9 Å². The first kappa shape index (κ1) is 19.4. The van der Waals surface area contributed by atoms with Crippen molar-refractivity contribution in [2.75, 3.05) is 0 Å². The number of hydrogen-bond acceptors (Lipinski definition) is 6. The number of aromatic hydroxyl groups is 1. The Balaban J connectivity index is 1.85. The minimum absolute atomic E-state index is 0.0658. The molecule has 7 nitrogen and oxygen atoms in total. The maximum atomic E-state index is 12.6. The molecule has 2 aromatic carbocycles. The summed E-state index contributed by atoms with van der Waals surface area (Å²) in [5, 5.41) is 20.2. The van der Waals surface area contributed by atoms with E-state index in [4.69, 9.17) is 11.6 Å². The molecule has 0 bridgehead atoms. The molecule has 1 aliphatic heterocycles. The number of amides is 2. The van der Waals surface area contributed by atoms with E-state index in [0.717, 1.165) is 16.7 Å². The Morgan fingerprint density at radius 1 is 1.30 bits per heavy atom. The van der Waals surface area contributed by atoms with E-state index >= 15 is 0 Å². The van der Waals surface area contributed by atoms with E-state index in [1.807, 2.05) is 0 Å². The number of benzene rings is 2. The third-order valence-electron chi connectivity index (χ3n) is 3.67. The molecule has 1 N–H and O–H groups in total. The highest BCUT2D eigenvalue weighted by molar-refractivity contribution is 9.10. The van der Waals surface area contributed by atoms with Gasteiger partial charge in [0.1, 0.15) is 5.75 Å². The Morgan fingerprint density at radius 3 is 2.70 bits per heavy atom. The Hall–Kier alpha value is -2.36. The molecule has 10 heteroatoms. The van der Waals surface area contributed by atoms with Gasteiger partial charge in [-0.05, 0) is 57.0 Å². The molecule has 0 unspecified atom stereocenters. The second-order valence-electron chi connectivity index (χ2n) is 5.53. The zero-order chi connectivity index (χ0) is 19.7. The number of nitro groups is 1. The number of phenols is 1. The molecule has 0 aromatic heterocycles. The first-order valence-corrected chi connectivity index (χ1v) is 9.41. The van der Waals surface area contributed by atoms with Crippen LogP contribution in [0.2, 0.25) is 5.02 Å². The van der Waals surface area contributed by atoms with Crippen LogP contribution in [0.15, 0.2) is 45.8 Å². The van der Waals surface area contributed by atoms with Gasteiger partial charge in [-0.2, -0.15) is 0 Å². The predicted molar refractivity (Wildman–Crippen MR) is 105 cm³/mol.